The Morgan fingerprint density at radius 3 is 0.613 bits per heavy atom. The third-order valence-electron chi connectivity index (χ3n) is 17.0. The number of benzene rings is 4. The maximum atomic E-state index is 14.4. The van der Waals surface area contributed by atoms with Crippen LogP contribution < -0.4 is 37.9 Å². The van der Waals surface area contributed by atoms with Crippen molar-refractivity contribution in [3.63, 3.8) is 0 Å². The molecule has 0 radical (unpaired) electrons. The molecule has 1 aliphatic carbocycles. The zero-order valence-electron chi connectivity index (χ0n) is 46.8. The maximum Gasteiger partial charge on any atom is 0.259 e. The number of unbranched alkanes of at least 4 members (excludes halogenated alkanes) is 16. The number of carbonyl (C=O) groups excluding carboxylic acids is 4. The molecule has 9 rings (SSSR count). The molecular formula is C64H76Cl4O12. The molecule has 0 atom stereocenters. The van der Waals surface area contributed by atoms with Crippen LogP contribution in [-0.4, -0.2) is 48.1 Å². The van der Waals surface area contributed by atoms with Gasteiger partial charge in [0.15, 0.2) is 0 Å². The number of hydrogen-bond donors (Lipinski definition) is 0. The molecule has 0 unspecified atom stereocenters. The van der Waals surface area contributed by atoms with Crippen LogP contribution in [0.2, 0.25) is 0 Å². The highest BCUT2D eigenvalue weighted by molar-refractivity contribution is 6.69. The van der Waals surface area contributed by atoms with E-state index in [1.807, 2.05) is 0 Å². The monoisotopic (exact) mass is 1180 g/mol. The first-order chi connectivity index (χ1) is 38.9. The average molecular weight is 1180 g/mol. The molecule has 4 heterocycles. The van der Waals surface area contributed by atoms with Crippen molar-refractivity contribution in [2.75, 3.05) is 27.2 Å². The number of ether oxygens (including phenoxy) is 8. The predicted octanol–water partition coefficient (Wildman–Crippen LogP) is 18.4. The van der Waals surface area contributed by atoms with E-state index in [9.17, 15) is 19.2 Å². The van der Waals surface area contributed by atoms with Gasteiger partial charge < -0.3 is 37.9 Å². The van der Waals surface area contributed by atoms with E-state index in [2.05, 4.69) is 52.0 Å². The van der Waals surface area contributed by atoms with Gasteiger partial charge in [0.1, 0.15) is 68.2 Å². The zero-order chi connectivity index (χ0) is 56.5. The minimum Gasteiger partial charge on any atom is -0.456 e. The standard InChI is InChI=1S/C64H76Cl4O12/c1-5-9-13-17-21-25-37-41-29-43-38(26-22-18-14-10-6-2)45-31-47-40(28-24-20-16-12-8-4)48-32-46-39(27-23-19-15-11-7-3)44-30-42(37)54-50(62(66)70)56(44)76-35-78-58(46)52(64(68)72)60(48)80-36-79-59(47)51(63(67)71)57(45)77-34-75-55(43)49(61(65)69)53(41)73-33-74-54/h29-32,37-40H,5-28,33-36H2,1-4H3. The van der Waals surface area contributed by atoms with Crippen molar-refractivity contribution in [1.82, 2.24) is 0 Å². The van der Waals surface area contributed by atoms with Crippen molar-refractivity contribution < 1.29 is 57.1 Å². The van der Waals surface area contributed by atoms with Gasteiger partial charge in [-0.2, -0.15) is 0 Å². The summed E-state index contributed by atoms with van der Waals surface area (Å²) >= 11 is 27.3. The normalized spacial score (nSPS) is 18.0. The van der Waals surface area contributed by atoms with Crippen LogP contribution >= 0.6 is 46.4 Å². The Balaban J connectivity index is 1.47. The molecule has 0 saturated carbocycles. The Kier molecular flexibility index (Phi) is 20.9. The number of rotatable bonds is 28. The fourth-order valence-corrected chi connectivity index (χ4v) is 13.8. The second kappa shape index (κ2) is 27.9. The lowest BCUT2D eigenvalue weighted by Gasteiger charge is -2.37. The highest BCUT2D eigenvalue weighted by atomic mass is 35.5. The lowest BCUT2D eigenvalue weighted by atomic mass is 9.74. The van der Waals surface area contributed by atoms with Crippen LogP contribution in [0.5, 0.6) is 46.0 Å². The summed E-state index contributed by atoms with van der Waals surface area (Å²) < 4.78 is 53.1. The molecule has 16 heteroatoms. The fraction of sp³-hybridized carbons (Fsp3) is 0.562. The van der Waals surface area contributed by atoms with Gasteiger partial charge in [-0.05, 0) is 96.4 Å². The minimum atomic E-state index is -0.807. The van der Waals surface area contributed by atoms with Crippen LogP contribution in [-0.2, 0) is 0 Å². The summed E-state index contributed by atoms with van der Waals surface area (Å²) in [6, 6.07) is 8.32. The Bertz CT molecular complexity index is 2430. The number of carbonyl (C=O) groups is 4. The van der Waals surface area contributed by atoms with E-state index in [1.54, 1.807) is 0 Å². The lowest BCUT2D eigenvalue weighted by molar-refractivity contribution is 0.0898. The summed E-state index contributed by atoms with van der Waals surface area (Å²) in [6.07, 6.45) is 21.2. The molecule has 12 nitrogen and oxygen atoms in total. The molecule has 0 saturated heterocycles. The fourth-order valence-electron chi connectivity index (χ4n) is 13.1. The van der Waals surface area contributed by atoms with Gasteiger partial charge in [-0.1, -0.05) is 156 Å². The van der Waals surface area contributed by atoms with Gasteiger partial charge in [0.25, 0.3) is 21.0 Å². The Hall–Kier alpha value is -4.88. The van der Waals surface area contributed by atoms with Crippen LogP contribution in [0.25, 0.3) is 0 Å². The van der Waals surface area contributed by atoms with E-state index >= 15 is 0 Å². The SMILES string of the molecule is CCCCCCCC1c2cc3c4c(C(=O)Cl)c2OCOc2c1cc1c(c2C(=O)Cl)OCOc2c(cc5c(c2C(=O)Cl)OCOc2c(cc(c(c2C(=O)Cl)OCO4)C3CCCCCCC)C5CCCCCCC)C1CCCCCCC. The summed E-state index contributed by atoms with van der Waals surface area (Å²) in [6.45, 7) is 6.91. The van der Waals surface area contributed by atoms with Gasteiger partial charge in [0.05, 0.1) is 0 Å². The Morgan fingerprint density at radius 1 is 0.300 bits per heavy atom. The van der Waals surface area contributed by atoms with E-state index < -0.39 is 71.8 Å². The van der Waals surface area contributed by atoms with Gasteiger partial charge in [-0.15, -0.1) is 0 Å². The van der Waals surface area contributed by atoms with Crippen LogP contribution in [0.3, 0.4) is 0 Å². The molecule has 8 bridgehead atoms. The van der Waals surface area contributed by atoms with Crippen LogP contribution in [0.15, 0.2) is 24.3 Å². The van der Waals surface area contributed by atoms with Gasteiger partial charge in [-0.25, -0.2) is 0 Å². The third kappa shape index (κ3) is 12.4. The van der Waals surface area contributed by atoms with Gasteiger partial charge in [0, 0.05) is 68.2 Å². The Labute approximate surface area is 491 Å². The van der Waals surface area contributed by atoms with Gasteiger partial charge in [0.2, 0.25) is 27.2 Å². The summed E-state index contributed by atoms with van der Waals surface area (Å²) in [5.41, 5.74) is 5.25. The van der Waals surface area contributed by atoms with Crippen LogP contribution in [0.4, 0.5) is 0 Å². The van der Waals surface area contributed by atoms with Crippen molar-refractivity contribution in [2.45, 2.75) is 205 Å². The molecule has 0 amide bonds. The van der Waals surface area contributed by atoms with Gasteiger partial charge >= 0.3 is 0 Å². The first kappa shape index (κ1) is 59.7. The summed E-state index contributed by atoms with van der Waals surface area (Å²) in [4.78, 5) is 57.7. The third-order valence-corrected chi connectivity index (χ3v) is 17.7. The quantitative estimate of drug-likeness (QED) is 0.0395. The summed E-state index contributed by atoms with van der Waals surface area (Å²) in [7, 11) is 0. The molecule has 432 valence electrons. The molecule has 0 N–H and O–H groups in total. The van der Waals surface area contributed by atoms with E-state index in [-0.39, 0.29) is 68.2 Å². The lowest BCUT2D eigenvalue weighted by Crippen LogP contribution is -2.26. The maximum absolute atomic E-state index is 14.4. The van der Waals surface area contributed by atoms with Crippen LogP contribution in [0.1, 0.15) is 291 Å². The van der Waals surface area contributed by atoms with E-state index in [0.717, 1.165) is 128 Å². The van der Waals surface area contributed by atoms with Crippen molar-refractivity contribution in [2.24, 2.45) is 0 Å². The summed E-state index contributed by atoms with van der Waals surface area (Å²) in [5, 5.41) is -3.23. The number of halogens is 4. The second-order valence-corrected chi connectivity index (χ2v) is 23.5. The molecular weight excluding hydrogens is 1100 g/mol. The molecule has 4 aromatic rings. The molecule has 0 fully saturated rings. The first-order valence-electron chi connectivity index (χ1n) is 29.6. The number of hydrogen-bond acceptors (Lipinski definition) is 12. The Morgan fingerprint density at radius 2 is 0.463 bits per heavy atom. The van der Waals surface area contributed by atoms with E-state index in [0.29, 0.717) is 70.2 Å². The highest BCUT2D eigenvalue weighted by Crippen LogP contribution is 2.59. The largest absolute Gasteiger partial charge is 0.456 e. The van der Waals surface area contributed by atoms with Crippen molar-refractivity contribution >= 4 is 67.4 Å². The van der Waals surface area contributed by atoms with Gasteiger partial charge in [-0.3, -0.25) is 19.2 Å². The minimum absolute atomic E-state index is 0.0181. The molecule has 4 aliphatic heterocycles. The average Bonchev–Trinajstić information content (AvgIpc) is 3.60. The van der Waals surface area contributed by atoms with E-state index in [4.69, 9.17) is 84.3 Å². The molecule has 4 aromatic carbocycles. The molecule has 80 heavy (non-hydrogen) atoms. The second-order valence-electron chi connectivity index (χ2n) is 22.1. The first-order valence-corrected chi connectivity index (χ1v) is 31.1. The summed E-state index contributed by atoms with van der Waals surface area (Å²) in [5.74, 6) is -0.816. The van der Waals surface area contributed by atoms with Crippen LogP contribution in [0, 0.1) is 0 Å². The smallest absolute Gasteiger partial charge is 0.259 e. The van der Waals surface area contributed by atoms with Crippen molar-refractivity contribution in [3.05, 3.63) is 91.0 Å². The zero-order valence-corrected chi connectivity index (χ0v) is 49.9. The molecule has 0 spiro atoms. The molecule has 5 aliphatic rings. The van der Waals surface area contributed by atoms with E-state index in [1.165, 1.54) is 0 Å². The van der Waals surface area contributed by atoms with Crippen molar-refractivity contribution in [3.8, 4) is 46.0 Å². The topological polar surface area (TPSA) is 142 Å². The van der Waals surface area contributed by atoms with Crippen molar-refractivity contribution in [1.29, 1.82) is 0 Å². The predicted molar refractivity (Wildman–Crippen MR) is 312 cm³/mol. The molecule has 0 aromatic heterocycles. The highest BCUT2D eigenvalue weighted by Gasteiger charge is 2.44.